The zero-order valence-corrected chi connectivity index (χ0v) is 14.4. The first-order valence-corrected chi connectivity index (χ1v) is 8.56. The van der Waals surface area contributed by atoms with Crippen LogP contribution in [0.1, 0.15) is 28.9 Å². The molecular formula is C22H19NO3. The van der Waals surface area contributed by atoms with Crippen LogP contribution in [-0.4, -0.2) is 12.7 Å². The molecule has 3 aromatic carbocycles. The van der Waals surface area contributed by atoms with Gasteiger partial charge in [0.25, 0.3) is 5.91 Å². The van der Waals surface area contributed by atoms with E-state index in [0.717, 1.165) is 28.2 Å². The maximum absolute atomic E-state index is 12.5. The van der Waals surface area contributed by atoms with Gasteiger partial charge in [0.05, 0.1) is 6.04 Å². The van der Waals surface area contributed by atoms with Crippen molar-refractivity contribution < 1.29 is 14.3 Å². The van der Waals surface area contributed by atoms with Crippen LogP contribution in [0.25, 0.3) is 11.1 Å². The molecule has 1 aliphatic heterocycles. The molecule has 0 aliphatic carbocycles. The summed E-state index contributed by atoms with van der Waals surface area (Å²) in [5.41, 5.74) is 3.77. The number of benzene rings is 3. The normalized spacial score (nSPS) is 13.3. The maximum atomic E-state index is 12.5. The number of carbonyl (C=O) groups excluding carboxylic acids is 1. The Bertz CT molecular complexity index is 920. The van der Waals surface area contributed by atoms with Gasteiger partial charge in [-0.3, -0.25) is 4.79 Å². The summed E-state index contributed by atoms with van der Waals surface area (Å²) in [4.78, 5) is 12.5. The number of amides is 1. The first-order valence-electron chi connectivity index (χ1n) is 8.56. The smallest absolute Gasteiger partial charge is 0.251 e. The first kappa shape index (κ1) is 16.2. The highest BCUT2D eigenvalue weighted by Gasteiger charge is 2.15. The third-order valence-corrected chi connectivity index (χ3v) is 4.50. The van der Waals surface area contributed by atoms with Crippen molar-refractivity contribution in [2.75, 3.05) is 6.79 Å². The van der Waals surface area contributed by atoms with Crippen molar-refractivity contribution in [1.29, 1.82) is 0 Å². The monoisotopic (exact) mass is 345 g/mol. The van der Waals surface area contributed by atoms with E-state index in [9.17, 15) is 4.79 Å². The minimum atomic E-state index is -0.0846. The van der Waals surface area contributed by atoms with E-state index in [4.69, 9.17) is 9.47 Å². The van der Waals surface area contributed by atoms with Gasteiger partial charge < -0.3 is 14.8 Å². The molecule has 0 fully saturated rings. The fourth-order valence-corrected chi connectivity index (χ4v) is 3.00. The Morgan fingerprint density at radius 3 is 2.35 bits per heavy atom. The average molecular weight is 345 g/mol. The number of fused-ring (bicyclic) bond motifs is 1. The van der Waals surface area contributed by atoms with Crippen LogP contribution >= 0.6 is 0 Å². The Hall–Kier alpha value is -3.27. The lowest BCUT2D eigenvalue weighted by molar-refractivity contribution is 0.0940. The molecule has 26 heavy (non-hydrogen) atoms. The topological polar surface area (TPSA) is 47.6 Å². The fraction of sp³-hybridized carbons (Fsp3) is 0.136. The molecule has 0 aromatic heterocycles. The molecule has 1 atom stereocenters. The fourth-order valence-electron chi connectivity index (χ4n) is 3.00. The van der Waals surface area contributed by atoms with E-state index >= 15 is 0 Å². The lowest BCUT2D eigenvalue weighted by atomic mass is 10.0. The minimum Gasteiger partial charge on any atom is -0.454 e. The standard InChI is InChI=1S/C22H19NO3/c1-15(16-5-3-2-4-6-16)23-22(24)18-9-7-17(8-10-18)19-11-12-20-21(13-19)26-14-25-20/h2-13,15H,14H2,1H3,(H,23,24)/t15-/m1/s1. The lowest BCUT2D eigenvalue weighted by Crippen LogP contribution is -2.26. The van der Waals surface area contributed by atoms with E-state index in [2.05, 4.69) is 5.32 Å². The molecule has 1 heterocycles. The summed E-state index contributed by atoms with van der Waals surface area (Å²) in [5, 5.41) is 3.03. The van der Waals surface area contributed by atoms with Gasteiger partial charge in [0.2, 0.25) is 6.79 Å². The predicted octanol–water partition coefficient (Wildman–Crippen LogP) is 4.57. The quantitative estimate of drug-likeness (QED) is 0.753. The Kier molecular flexibility index (Phi) is 4.32. The zero-order chi connectivity index (χ0) is 17.9. The van der Waals surface area contributed by atoms with Crippen LogP contribution < -0.4 is 14.8 Å². The summed E-state index contributed by atoms with van der Waals surface area (Å²) in [7, 11) is 0. The van der Waals surface area contributed by atoms with Crippen molar-refractivity contribution in [2.45, 2.75) is 13.0 Å². The van der Waals surface area contributed by atoms with Gasteiger partial charge in [-0.05, 0) is 47.9 Å². The molecule has 3 aromatic rings. The molecule has 4 heteroatoms. The third kappa shape index (κ3) is 3.26. The maximum Gasteiger partial charge on any atom is 0.251 e. The number of carbonyl (C=O) groups is 1. The number of nitrogens with one attached hydrogen (secondary N) is 1. The third-order valence-electron chi connectivity index (χ3n) is 4.50. The highest BCUT2D eigenvalue weighted by molar-refractivity contribution is 5.95. The molecule has 0 saturated heterocycles. The molecule has 0 unspecified atom stereocenters. The lowest BCUT2D eigenvalue weighted by Gasteiger charge is -2.14. The number of hydrogen-bond donors (Lipinski definition) is 1. The average Bonchev–Trinajstić information content (AvgIpc) is 3.16. The second kappa shape index (κ2) is 6.92. The predicted molar refractivity (Wildman–Crippen MR) is 100 cm³/mol. The van der Waals surface area contributed by atoms with E-state index < -0.39 is 0 Å². The Morgan fingerprint density at radius 2 is 1.58 bits per heavy atom. The van der Waals surface area contributed by atoms with E-state index in [1.807, 2.05) is 79.7 Å². The Balaban J connectivity index is 1.48. The van der Waals surface area contributed by atoms with Crippen molar-refractivity contribution in [3.63, 3.8) is 0 Å². The van der Waals surface area contributed by atoms with Crippen LogP contribution in [0.4, 0.5) is 0 Å². The summed E-state index contributed by atoms with van der Waals surface area (Å²) in [6, 6.07) is 23.3. The SMILES string of the molecule is C[C@@H](NC(=O)c1ccc(-c2ccc3c(c2)OCO3)cc1)c1ccccc1. The summed E-state index contributed by atoms with van der Waals surface area (Å²) in [6.45, 7) is 2.24. The number of ether oxygens (including phenoxy) is 2. The minimum absolute atomic E-state index is 0.0442. The summed E-state index contributed by atoms with van der Waals surface area (Å²) < 4.78 is 10.8. The van der Waals surface area contributed by atoms with E-state index in [0.29, 0.717) is 5.56 Å². The van der Waals surface area contributed by atoms with Gasteiger partial charge in [-0.15, -0.1) is 0 Å². The van der Waals surface area contributed by atoms with Crippen LogP contribution in [0.5, 0.6) is 11.5 Å². The van der Waals surface area contributed by atoms with Gasteiger partial charge in [-0.2, -0.15) is 0 Å². The van der Waals surface area contributed by atoms with Gasteiger partial charge >= 0.3 is 0 Å². The Morgan fingerprint density at radius 1 is 0.885 bits per heavy atom. The number of hydrogen-bond acceptors (Lipinski definition) is 3. The molecule has 0 bridgehead atoms. The molecule has 0 spiro atoms. The molecule has 1 amide bonds. The van der Waals surface area contributed by atoms with Gasteiger partial charge in [0, 0.05) is 5.56 Å². The molecule has 0 saturated carbocycles. The molecule has 0 radical (unpaired) electrons. The highest BCUT2D eigenvalue weighted by atomic mass is 16.7. The van der Waals surface area contributed by atoms with Gasteiger partial charge in [-0.1, -0.05) is 48.5 Å². The van der Waals surface area contributed by atoms with Gasteiger partial charge in [0.15, 0.2) is 11.5 Å². The summed E-state index contributed by atoms with van der Waals surface area (Å²) >= 11 is 0. The van der Waals surface area contributed by atoms with Crippen LogP contribution in [0, 0.1) is 0 Å². The van der Waals surface area contributed by atoms with Crippen LogP contribution in [0.2, 0.25) is 0 Å². The van der Waals surface area contributed by atoms with Crippen molar-refractivity contribution in [2.24, 2.45) is 0 Å². The van der Waals surface area contributed by atoms with Crippen molar-refractivity contribution in [3.05, 3.63) is 83.9 Å². The molecule has 130 valence electrons. The van der Waals surface area contributed by atoms with E-state index in [1.54, 1.807) is 0 Å². The molecular weight excluding hydrogens is 326 g/mol. The molecule has 4 rings (SSSR count). The number of rotatable bonds is 4. The van der Waals surface area contributed by atoms with Crippen LogP contribution in [0.15, 0.2) is 72.8 Å². The van der Waals surface area contributed by atoms with E-state index in [-0.39, 0.29) is 18.7 Å². The summed E-state index contributed by atoms with van der Waals surface area (Å²) in [5.74, 6) is 1.43. The zero-order valence-electron chi connectivity index (χ0n) is 14.4. The summed E-state index contributed by atoms with van der Waals surface area (Å²) in [6.07, 6.45) is 0. The Labute approximate surface area is 152 Å². The van der Waals surface area contributed by atoms with Crippen molar-refractivity contribution >= 4 is 5.91 Å². The largest absolute Gasteiger partial charge is 0.454 e. The molecule has 4 nitrogen and oxygen atoms in total. The van der Waals surface area contributed by atoms with Crippen LogP contribution in [0.3, 0.4) is 0 Å². The van der Waals surface area contributed by atoms with E-state index in [1.165, 1.54) is 0 Å². The molecule has 1 N–H and O–H groups in total. The van der Waals surface area contributed by atoms with Gasteiger partial charge in [0.1, 0.15) is 0 Å². The molecule has 1 aliphatic rings. The second-order valence-electron chi connectivity index (χ2n) is 6.25. The van der Waals surface area contributed by atoms with Crippen LogP contribution in [-0.2, 0) is 0 Å². The van der Waals surface area contributed by atoms with Crippen molar-refractivity contribution in [3.8, 4) is 22.6 Å². The van der Waals surface area contributed by atoms with Crippen molar-refractivity contribution in [1.82, 2.24) is 5.32 Å². The first-order chi connectivity index (χ1) is 12.7. The second-order valence-corrected chi connectivity index (χ2v) is 6.25. The van der Waals surface area contributed by atoms with Gasteiger partial charge in [-0.25, -0.2) is 0 Å². The highest BCUT2D eigenvalue weighted by Crippen LogP contribution is 2.35.